The van der Waals surface area contributed by atoms with Gasteiger partial charge in [0, 0.05) is 13.1 Å². The first-order valence-electron chi connectivity index (χ1n) is 7.17. The van der Waals surface area contributed by atoms with Gasteiger partial charge in [0.2, 0.25) is 0 Å². The first kappa shape index (κ1) is 14.8. The van der Waals surface area contributed by atoms with E-state index >= 15 is 0 Å². The van der Waals surface area contributed by atoms with Crippen LogP contribution in [0.15, 0.2) is 36.4 Å². The fourth-order valence-corrected chi connectivity index (χ4v) is 2.18. The third kappa shape index (κ3) is 3.71. The Morgan fingerprint density at radius 3 is 2.55 bits per heavy atom. The van der Waals surface area contributed by atoms with E-state index in [0.717, 1.165) is 25.2 Å². The number of ether oxygens (including phenoxy) is 1. The van der Waals surface area contributed by atoms with Crippen LogP contribution in [0, 0.1) is 0 Å². The van der Waals surface area contributed by atoms with Gasteiger partial charge >= 0.3 is 0 Å². The van der Waals surface area contributed by atoms with Crippen molar-refractivity contribution in [3.63, 3.8) is 0 Å². The fourth-order valence-electron chi connectivity index (χ4n) is 2.18. The van der Waals surface area contributed by atoms with Crippen LogP contribution in [0.4, 0.5) is 0 Å². The van der Waals surface area contributed by atoms with Crippen LogP contribution in [0.3, 0.4) is 0 Å². The molecule has 0 aliphatic rings. The van der Waals surface area contributed by atoms with E-state index in [1.54, 1.807) is 7.05 Å². The molecule has 1 atom stereocenters. The molecule has 0 amide bonds. The summed E-state index contributed by atoms with van der Waals surface area (Å²) in [5.41, 5.74) is 1.23. The standard InChI is InChI=1S/C17H23NO2/c1-4-9-20-17-8-7-15-11-14(5-6-16(15)12-17)10-13(2)18(3)19/h5-8,11-13,19H,4,9-10H2,1-3H3. The SMILES string of the molecule is CCCOc1ccc2cc(CC(C)N(C)O)ccc2c1. The molecule has 20 heavy (non-hydrogen) atoms. The molecule has 0 heterocycles. The number of hydrogen-bond donors (Lipinski definition) is 1. The first-order valence-corrected chi connectivity index (χ1v) is 7.17. The van der Waals surface area contributed by atoms with Gasteiger partial charge in [-0.25, -0.2) is 0 Å². The van der Waals surface area contributed by atoms with E-state index < -0.39 is 0 Å². The van der Waals surface area contributed by atoms with E-state index in [4.69, 9.17) is 4.74 Å². The van der Waals surface area contributed by atoms with Gasteiger partial charge in [-0.15, -0.1) is 0 Å². The van der Waals surface area contributed by atoms with Crippen molar-refractivity contribution in [2.45, 2.75) is 32.7 Å². The van der Waals surface area contributed by atoms with Crippen molar-refractivity contribution in [1.29, 1.82) is 0 Å². The van der Waals surface area contributed by atoms with Crippen LogP contribution in [-0.4, -0.2) is 30.0 Å². The molecule has 0 aromatic heterocycles. The van der Waals surface area contributed by atoms with Crippen molar-refractivity contribution >= 4 is 10.8 Å². The Balaban J connectivity index is 2.18. The Hall–Kier alpha value is -1.58. The third-order valence-electron chi connectivity index (χ3n) is 3.52. The Morgan fingerprint density at radius 2 is 1.85 bits per heavy atom. The van der Waals surface area contributed by atoms with Gasteiger partial charge in [0.25, 0.3) is 0 Å². The molecule has 0 spiro atoms. The predicted octanol–water partition coefficient (Wildman–Crippen LogP) is 3.88. The van der Waals surface area contributed by atoms with Gasteiger partial charge in [-0.3, -0.25) is 0 Å². The van der Waals surface area contributed by atoms with Crippen molar-refractivity contribution in [2.75, 3.05) is 13.7 Å². The van der Waals surface area contributed by atoms with Crippen molar-refractivity contribution in [3.8, 4) is 5.75 Å². The molecule has 1 unspecified atom stereocenters. The van der Waals surface area contributed by atoms with Crippen molar-refractivity contribution in [3.05, 3.63) is 42.0 Å². The molecule has 0 bridgehead atoms. The van der Waals surface area contributed by atoms with E-state index in [2.05, 4.69) is 37.3 Å². The molecule has 3 heteroatoms. The minimum absolute atomic E-state index is 0.111. The molecule has 0 saturated carbocycles. The second-order valence-electron chi connectivity index (χ2n) is 5.32. The molecule has 2 aromatic carbocycles. The van der Waals surface area contributed by atoms with E-state index in [1.165, 1.54) is 21.4 Å². The first-order chi connectivity index (χ1) is 9.60. The highest BCUT2D eigenvalue weighted by atomic mass is 16.5. The molecule has 2 rings (SSSR count). The van der Waals surface area contributed by atoms with Crippen molar-refractivity contribution in [1.82, 2.24) is 5.06 Å². The summed E-state index contributed by atoms with van der Waals surface area (Å²) in [6.07, 6.45) is 1.85. The Bertz CT molecular complexity index is 566. The maximum atomic E-state index is 9.43. The second-order valence-corrected chi connectivity index (χ2v) is 5.32. The molecular weight excluding hydrogens is 250 g/mol. The number of benzene rings is 2. The average Bonchev–Trinajstić information content (AvgIpc) is 2.44. The number of likely N-dealkylation sites (N-methyl/N-ethyl adjacent to an activating group) is 1. The van der Waals surface area contributed by atoms with Gasteiger partial charge in [-0.1, -0.05) is 31.2 Å². The third-order valence-corrected chi connectivity index (χ3v) is 3.52. The van der Waals surface area contributed by atoms with Crippen molar-refractivity contribution in [2.24, 2.45) is 0 Å². The summed E-state index contributed by atoms with van der Waals surface area (Å²) in [4.78, 5) is 0. The van der Waals surface area contributed by atoms with Gasteiger partial charge in [0.1, 0.15) is 5.75 Å². The molecule has 0 saturated heterocycles. The summed E-state index contributed by atoms with van der Waals surface area (Å²) in [7, 11) is 1.68. The highest BCUT2D eigenvalue weighted by Crippen LogP contribution is 2.23. The lowest BCUT2D eigenvalue weighted by Crippen LogP contribution is -2.27. The van der Waals surface area contributed by atoms with Crippen molar-refractivity contribution < 1.29 is 9.94 Å². The van der Waals surface area contributed by atoms with Crippen LogP contribution in [0.25, 0.3) is 10.8 Å². The van der Waals surface area contributed by atoms with Crippen LogP contribution in [-0.2, 0) is 6.42 Å². The van der Waals surface area contributed by atoms with Crippen LogP contribution in [0.1, 0.15) is 25.8 Å². The lowest BCUT2D eigenvalue weighted by Gasteiger charge is -2.18. The van der Waals surface area contributed by atoms with E-state index in [0.29, 0.717) is 0 Å². The summed E-state index contributed by atoms with van der Waals surface area (Å²) < 4.78 is 5.65. The minimum atomic E-state index is 0.111. The zero-order chi connectivity index (χ0) is 14.5. The average molecular weight is 273 g/mol. The van der Waals surface area contributed by atoms with Gasteiger partial charge in [0.15, 0.2) is 0 Å². The molecule has 0 aliphatic carbocycles. The normalized spacial score (nSPS) is 12.8. The molecule has 0 radical (unpaired) electrons. The monoisotopic (exact) mass is 273 g/mol. The van der Waals surface area contributed by atoms with Crippen LogP contribution >= 0.6 is 0 Å². The summed E-state index contributed by atoms with van der Waals surface area (Å²) in [6, 6.07) is 12.7. The number of nitrogens with zero attached hydrogens (tertiary/aromatic N) is 1. The van der Waals surface area contributed by atoms with E-state index in [1.807, 2.05) is 13.0 Å². The maximum Gasteiger partial charge on any atom is 0.119 e. The minimum Gasteiger partial charge on any atom is -0.494 e. The molecule has 108 valence electrons. The Labute approximate surface area is 120 Å². The van der Waals surface area contributed by atoms with Crippen LogP contribution in [0.2, 0.25) is 0 Å². The molecule has 0 fully saturated rings. The fraction of sp³-hybridized carbons (Fsp3) is 0.412. The number of rotatable bonds is 6. The molecule has 3 nitrogen and oxygen atoms in total. The molecule has 0 aliphatic heterocycles. The lowest BCUT2D eigenvalue weighted by atomic mass is 10.0. The van der Waals surface area contributed by atoms with E-state index in [9.17, 15) is 5.21 Å². The summed E-state index contributed by atoms with van der Waals surface area (Å²) in [6.45, 7) is 4.86. The summed E-state index contributed by atoms with van der Waals surface area (Å²) >= 11 is 0. The van der Waals surface area contributed by atoms with Crippen LogP contribution < -0.4 is 4.74 Å². The number of hydroxylamine groups is 2. The smallest absolute Gasteiger partial charge is 0.119 e. The highest BCUT2D eigenvalue weighted by Gasteiger charge is 2.08. The molecular formula is C17H23NO2. The quantitative estimate of drug-likeness (QED) is 0.811. The number of hydrogen-bond acceptors (Lipinski definition) is 3. The summed E-state index contributed by atoms with van der Waals surface area (Å²) in [5, 5.41) is 13.1. The zero-order valence-electron chi connectivity index (χ0n) is 12.5. The Kier molecular flexibility index (Phi) is 4.99. The topological polar surface area (TPSA) is 32.7 Å². The highest BCUT2D eigenvalue weighted by molar-refractivity contribution is 5.84. The Morgan fingerprint density at radius 1 is 1.15 bits per heavy atom. The molecule has 2 aromatic rings. The lowest BCUT2D eigenvalue weighted by molar-refractivity contribution is -0.0963. The molecule has 1 N–H and O–H groups in total. The van der Waals surface area contributed by atoms with Gasteiger partial charge in [-0.2, -0.15) is 5.06 Å². The largest absolute Gasteiger partial charge is 0.494 e. The summed E-state index contributed by atoms with van der Waals surface area (Å²) in [5.74, 6) is 0.926. The van der Waals surface area contributed by atoms with Gasteiger partial charge < -0.3 is 9.94 Å². The van der Waals surface area contributed by atoms with Crippen LogP contribution in [0.5, 0.6) is 5.75 Å². The van der Waals surface area contributed by atoms with Gasteiger partial charge in [-0.05, 0) is 48.2 Å². The maximum absolute atomic E-state index is 9.43. The zero-order valence-corrected chi connectivity index (χ0v) is 12.5. The van der Waals surface area contributed by atoms with Gasteiger partial charge in [0.05, 0.1) is 6.61 Å². The number of fused-ring (bicyclic) bond motifs is 1. The predicted molar refractivity (Wildman–Crippen MR) is 82.4 cm³/mol. The second kappa shape index (κ2) is 6.73. The van der Waals surface area contributed by atoms with E-state index in [-0.39, 0.29) is 6.04 Å².